The number of nitrogens with zero attached hydrogens (tertiary/aromatic N) is 2. The number of carbonyl (C=O) groups is 2. The molecule has 1 saturated carbocycles. The van der Waals surface area contributed by atoms with Crippen molar-refractivity contribution >= 4 is 21.9 Å². The van der Waals surface area contributed by atoms with E-state index in [0.29, 0.717) is 6.42 Å². The van der Waals surface area contributed by atoms with Crippen molar-refractivity contribution < 1.29 is 22.7 Å². The first kappa shape index (κ1) is 27.1. The van der Waals surface area contributed by atoms with Crippen molar-refractivity contribution in [3.63, 3.8) is 0 Å². The number of esters is 1. The summed E-state index contributed by atoms with van der Waals surface area (Å²) in [5, 5.41) is 1.20. The van der Waals surface area contributed by atoms with Crippen LogP contribution in [0.4, 0.5) is 0 Å². The number of hydrogen-bond acceptors (Lipinski definition) is 5. The van der Waals surface area contributed by atoms with Gasteiger partial charge in [-0.1, -0.05) is 62.6 Å². The quantitative estimate of drug-likeness (QED) is 0.254. The van der Waals surface area contributed by atoms with Crippen LogP contribution in [0.25, 0.3) is 0 Å². The number of rotatable bonds is 12. The van der Waals surface area contributed by atoms with Crippen molar-refractivity contribution in [2.24, 2.45) is 11.8 Å². The van der Waals surface area contributed by atoms with Crippen molar-refractivity contribution in [1.82, 2.24) is 9.42 Å². The molecule has 1 aromatic rings. The molecule has 0 bridgehead atoms. The van der Waals surface area contributed by atoms with E-state index in [0.717, 1.165) is 47.5 Å². The Balaban J connectivity index is 2.44. The molecule has 0 unspecified atom stereocenters. The lowest BCUT2D eigenvalue weighted by Crippen LogP contribution is -2.59. The number of ether oxygens (including phenoxy) is 1. The summed E-state index contributed by atoms with van der Waals surface area (Å²) >= 11 is 0. The summed E-state index contributed by atoms with van der Waals surface area (Å²) < 4.78 is 32.4. The molecule has 0 N–H and O–H groups in total. The van der Waals surface area contributed by atoms with E-state index in [4.69, 9.17) is 4.74 Å². The summed E-state index contributed by atoms with van der Waals surface area (Å²) in [6, 6.07) is 8.33. The van der Waals surface area contributed by atoms with Gasteiger partial charge in [-0.2, -0.15) is 0 Å². The highest BCUT2D eigenvalue weighted by Crippen LogP contribution is 2.33. The van der Waals surface area contributed by atoms with Crippen molar-refractivity contribution in [1.29, 1.82) is 0 Å². The van der Waals surface area contributed by atoms with Crippen LogP contribution >= 0.6 is 0 Å². The minimum absolute atomic E-state index is 0.0410. The molecule has 0 radical (unpaired) electrons. The van der Waals surface area contributed by atoms with Gasteiger partial charge in [-0.25, -0.2) is 18.2 Å². The average molecular weight is 479 g/mol. The van der Waals surface area contributed by atoms with E-state index in [1.165, 1.54) is 5.01 Å². The molecule has 1 aliphatic rings. The van der Waals surface area contributed by atoms with Gasteiger partial charge >= 0.3 is 5.97 Å². The van der Waals surface area contributed by atoms with Crippen LogP contribution in [0.2, 0.25) is 0 Å². The van der Waals surface area contributed by atoms with Gasteiger partial charge < -0.3 is 4.74 Å². The smallest absolute Gasteiger partial charge is 0.331 e. The average Bonchev–Trinajstić information content (AvgIpc) is 3.26. The van der Waals surface area contributed by atoms with Gasteiger partial charge in [0.25, 0.3) is 0 Å². The molecule has 0 aliphatic heterocycles. The summed E-state index contributed by atoms with van der Waals surface area (Å²) in [7, 11) is -3.81. The van der Waals surface area contributed by atoms with Crippen LogP contribution in [0.15, 0.2) is 42.5 Å². The number of allylic oxidation sites excluding steroid dienone is 1. The largest absolute Gasteiger partial charge is 0.459 e. The first-order valence-corrected chi connectivity index (χ1v) is 13.5. The van der Waals surface area contributed by atoms with Gasteiger partial charge in [0.15, 0.2) is 0 Å². The number of sulfonamides is 1. The van der Waals surface area contributed by atoms with E-state index in [1.54, 1.807) is 0 Å². The monoisotopic (exact) mass is 478 g/mol. The summed E-state index contributed by atoms with van der Waals surface area (Å²) in [6.45, 7) is 9.61. The Labute approximate surface area is 198 Å². The fraction of sp³-hybridized carbons (Fsp3) is 0.600. The maximum atomic E-state index is 13.5. The highest BCUT2D eigenvalue weighted by Gasteiger charge is 2.44. The van der Waals surface area contributed by atoms with Crippen LogP contribution in [-0.4, -0.2) is 48.6 Å². The second-order valence-corrected chi connectivity index (χ2v) is 11.3. The van der Waals surface area contributed by atoms with Crippen LogP contribution in [0.3, 0.4) is 0 Å². The number of hydrazine groups is 1. The van der Waals surface area contributed by atoms with Crippen molar-refractivity contribution in [3.05, 3.63) is 48.0 Å². The normalized spacial score (nSPS) is 15.6. The SMILES string of the molecule is C=C(C)CCC(=O)N([C@@H](C(=O)OCc1ccccc1)C1CCCC1)N(CC(C)C)S(C)(=O)=O. The van der Waals surface area contributed by atoms with Gasteiger partial charge in [-0.15, -0.1) is 11.0 Å². The zero-order chi connectivity index (χ0) is 24.6. The van der Waals surface area contributed by atoms with E-state index in [1.807, 2.05) is 51.1 Å². The van der Waals surface area contributed by atoms with Gasteiger partial charge in [-0.3, -0.25) is 4.79 Å². The van der Waals surface area contributed by atoms with Crippen molar-refractivity contribution in [2.75, 3.05) is 12.8 Å². The van der Waals surface area contributed by atoms with Crippen LogP contribution in [0.1, 0.15) is 64.9 Å². The van der Waals surface area contributed by atoms with Crippen LogP contribution in [0.5, 0.6) is 0 Å². The molecule has 0 aromatic heterocycles. The standard InChI is InChI=1S/C25H38N2O5S/c1-19(2)15-16-23(28)27(26(17-20(3)4)33(5,30)31)24(22-13-9-10-14-22)25(29)32-18-21-11-7-6-8-12-21/h6-8,11-12,20,22,24H,1,9-10,13-18H2,2-5H3/t24-/m1/s1. The number of benzene rings is 1. The van der Waals surface area contributed by atoms with Crippen LogP contribution < -0.4 is 0 Å². The van der Waals surface area contributed by atoms with E-state index in [-0.39, 0.29) is 31.4 Å². The summed E-state index contributed by atoms with van der Waals surface area (Å²) in [5.74, 6) is -1.16. The number of carbonyl (C=O) groups excluding carboxylic acids is 2. The zero-order valence-corrected chi connectivity index (χ0v) is 21.1. The molecular weight excluding hydrogens is 440 g/mol. The van der Waals surface area contributed by atoms with Crippen LogP contribution in [0, 0.1) is 11.8 Å². The third kappa shape index (κ3) is 8.27. The molecule has 0 heterocycles. The molecule has 0 saturated heterocycles. The van der Waals surface area contributed by atoms with Gasteiger partial charge in [0, 0.05) is 13.0 Å². The molecule has 33 heavy (non-hydrogen) atoms. The van der Waals surface area contributed by atoms with Crippen LogP contribution in [-0.2, 0) is 31.0 Å². The fourth-order valence-electron chi connectivity index (χ4n) is 4.13. The molecule has 1 fully saturated rings. The highest BCUT2D eigenvalue weighted by atomic mass is 32.2. The van der Waals surface area contributed by atoms with Gasteiger partial charge in [0.2, 0.25) is 15.9 Å². The molecule has 2 rings (SSSR count). The van der Waals surface area contributed by atoms with Crippen molar-refractivity contribution in [2.45, 2.75) is 71.9 Å². The van der Waals surface area contributed by atoms with E-state index in [2.05, 4.69) is 6.58 Å². The first-order chi connectivity index (χ1) is 15.5. The van der Waals surface area contributed by atoms with Gasteiger partial charge in [-0.05, 0) is 43.6 Å². The lowest BCUT2D eigenvalue weighted by atomic mass is 9.97. The third-order valence-corrected chi connectivity index (χ3v) is 6.83. The highest BCUT2D eigenvalue weighted by molar-refractivity contribution is 7.88. The van der Waals surface area contributed by atoms with Gasteiger partial charge in [0.05, 0.1) is 6.26 Å². The zero-order valence-electron chi connectivity index (χ0n) is 20.3. The molecule has 1 atom stereocenters. The summed E-state index contributed by atoms with van der Waals surface area (Å²) in [4.78, 5) is 26.9. The Morgan fingerprint density at radius 1 is 1.12 bits per heavy atom. The number of hydrogen-bond donors (Lipinski definition) is 0. The van der Waals surface area contributed by atoms with Crippen molar-refractivity contribution in [3.8, 4) is 0 Å². The molecule has 7 nitrogen and oxygen atoms in total. The fourth-order valence-corrected chi connectivity index (χ4v) is 5.21. The molecule has 1 aliphatic carbocycles. The predicted octanol–water partition coefficient (Wildman–Crippen LogP) is 4.31. The topological polar surface area (TPSA) is 84.0 Å². The minimum Gasteiger partial charge on any atom is -0.459 e. The Bertz CT molecular complexity index is 908. The second-order valence-electron chi connectivity index (χ2n) is 9.44. The lowest BCUT2D eigenvalue weighted by molar-refractivity contribution is -0.169. The number of amides is 1. The first-order valence-electron chi connectivity index (χ1n) is 11.6. The van der Waals surface area contributed by atoms with E-state index in [9.17, 15) is 18.0 Å². The maximum absolute atomic E-state index is 13.5. The molecule has 1 amide bonds. The molecular formula is C25H38N2O5S. The summed E-state index contributed by atoms with van der Waals surface area (Å²) in [5.41, 5.74) is 1.65. The maximum Gasteiger partial charge on any atom is 0.331 e. The Morgan fingerprint density at radius 3 is 2.24 bits per heavy atom. The predicted molar refractivity (Wildman–Crippen MR) is 129 cm³/mol. The Hall–Kier alpha value is -2.19. The minimum atomic E-state index is -3.81. The summed E-state index contributed by atoms with van der Waals surface area (Å²) in [6.07, 6.45) is 4.94. The molecule has 0 spiro atoms. The third-order valence-electron chi connectivity index (χ3n) is 5.74. The lowest BCUT2D eigenvalue weighted by Gasteiger charge is -2.40. The Kier molecular flexibility index (Phi) is 10.1. The molecule has 8 heteroatoms. The van der Waals surface area contributed by atoms with E-state index < -0.39 is 27.9 Å². The Morgan fingerprint density at radius 2 is 1.73 bits per heavy atom. The van der Waals surface area contributed by atoms with E-state index >= 15 is 0 Å². The molecule has 1 aromatic carbocycles. The van der Waals surface area contributed by atoms with Gasteiger partial charge in [0.1, 0.15) is 12.6 Å². The molecule has 184 valence electrons. The second kappa shape index (κ2) is 12.3.